The van der Waals surface area contributed by atoms with Crippen LogP contribution in [0.2, 0.25) is 0 Å². The topological polar surface area (TPSA) is 37.9 Å². The van der Waals surface area contributed by atoms with E-state index >= 15 is 0 Å². The van der Waals surface area contributed by atoms with Crippen LogP contribution in [-0.2, 0) is 4.74 Å². The second-order valence-electron chi connectivity index (χ2n) is 1.91. The lowest BCUT2D eigenvalue weighted by Gasteiger charge is -2.00. The molecule has 0 spiro atoms. The number of nitrogens with one attached hydrogen (secondary N) is 1. The van der Waals surface area contributed by atoms with Crippen molar-refractivity contribution in [1.29, 1.82) is 0 Å². The SMILES string of the molecule is C=CO/C(=C\C)c1ccn[nH]1.CC. The van der Waals surface area contributed by atoms with Crippen LogP contribution in [0.1, 0.15) is 26.5 Å². The number of ether oxygens (including phenoxy) is 1. The van der Waals surface area contributed by atoms with Crippen molar-refractivity contribution < 1.29 is 4.74 Å². The van der Waals surface area contributed by atoms with E-state index in [1.54, 1.807) is 6.20 Å². The molecule has 0 aliphatic heterocycles. The predicted octanol–water partition coefficient (Wildman–Crippen LogP) is 2.96. The van der Waals surface area contributed by atoms with Gasteiger partial charge in [-0.2, -0.15) is 5.10 Å². The van der Waals surface area contributed by atoms with Gasteiger partial charge >= 0.3 is 0 Å². The van der Waals surface area contributed by atoms with E-state index < -0.39 is 0 Å². The molecule has 0 saturated carbocycles. The van der Waals surface area contributed by atoms with Gasteiger partial charge in [-0.25, -0.2) is 0 Å². The van der Waals surface area contributed by atoms with Gasteiger partial charge < -0.3 is 4.74 Å². The predicted molar refractivity (Wildman–Crippen MR) is 54.9 cm³/mol. The Morgan fingerprint density at radius 1 is 1.62 bits per heavy atom. The van der Waals surface area contributed by atoms with Gasteiger partial charge in [-0.15, -0.1) is 0 Å². The van der Waals surface area contributed by atoms with Crippen molar-refractivity contribution in [3.63, 3.8) is 0 Å². The lowest BCUT2D eigenvalue weighted by atomic mass is 10.3. The molecule has 1 aromatic rings. The van der Waals surface area contributed by atoms with E-state index in [0.717, 1.165) is 11.5 Å². The van der Waals surface area contributed by atoms with E-state index in [1.165, 1.54) is 6.26 Å². The summed E-state index contributed by atoms with van der Waals surface area (Å²) in [6, 6.07) is 1.83. The fraction of sp³-hybridized carbons (Fsp3) is 0.300. The van der Waals surface area contributed by atoms with Crippen LogP contribution >= 0.6 is 0 Å². The molecule has 3 nitrogen and oxygen atoms in total. The number of rotatable bonds is 3. The summed E-state index contributed by atoms with van der Waals surface area (Å²) in [5, 5.41) is 6.58. The van der Waals surface area contributed by atoms with E-state index in [-0.39, 0.29) is 0 Å². The largest absolute Gasteiger partial charge is 0.464 e. The zero-order valence-electron chi connectivity index (χ0n) is 8.37. The van der Waals surface area contributed by atoms with Crippen molar-refractivity contribution >= 4 is 5.76 Å². The number of aromatic nitrogens is 2. The number of hydrogen-bond acceptors (Lipinski definition) is 2. The van der Waals surface area contributed by atoms with Crippen molar-refractivity contribution in [2.45, 2.75) is 20.8 Å². The van der Waals surface area contributed by atoms with Gasteiger partial charge in [-0.3, -0.25) is 5.10 Å². The minimum atomic E-state index is 0.734. The molecule has 0 radical (unpaired) electrons. The average molecular weight is 180 g/mol. The third-order valence-electron chi connectivity index (χ3n) is 1.24. The summed E-state index contributed by atoms with van der Waals surface area (Å²) >= 11 is 0. The highest BCUT2D eigenvalue weighted by Crippen LogP contribution is 2.11. The molecule has 3 heteroatoms. The van der Waals surface area contributed by atoms with E-state index in [2.05, 4.69) is 16.8 Å². The summed E-state index contributed by atoms with van der Waals surface area (Å²) < 4.78 is 5.09. The van der Waals surface area contributed by atoms with Gasteiger partial charge in [0.2, 0.25) is 0 Å². The van der Waals surface area contributed by atoms with Crippen molar-refractivity contribution in [2.24, 2.45) is 0 Å². The lowest BCUT2D eigenvalue weighted by Crippen LogP contribution is -1.85. The van der Waals surface area contributed by atoms with Crippen molar-refractivity contribution in [2.75, 3.05) is 0 Å². The molecule has 1 rings (SSSR count). The number of aromatic amines is 1. The second-order valence-corrected chi connectivity index (χ2v) is 1.91. The maximum absolute atomic E-state index is 5.09. The van der Waals surface area contributed by atoms with Crippen LogP contribution in [0.4, 0.5) is 0 Å². The molecule has 1 N–H and O–H groups in total. The van der Waals surface area contributed by atoms with Crippen LogP contribution in [0.3, 0.4) is 0 Å². The molecule has 72 valence electrons. The number of H-pyrrole nitrogens is 1. The average Bonchev–Trinajstić information content (AvgIpc) is 2.70. The number of nitrogens with zero attached hydrogens (tertiary/aromatic N) is 1. The highest BCUT2D eigenvalue weighted by atomic mass is 16.5. The van der Waals surface area contributed by atoms with Gasteiger partial charge in [0.15, 0.2) is 0 Å². The third-order valence-corrected chi connectivity index (χ3v) is 1.24. The fourth-order valence-electron chi connectivity index (χ4n) is 0.770. The Labute approximate surface area is 79.1 Å². The molecular formula is C10H16N2O. The fourth-order valence-corrected chi connectivity index (χ4v) is 0.770. The molecule has 0 bridgehead atoms. The Morgan fingerprint density at radius 3 is 2.69 bits per heavy atom. The first kappa shape index (κ1) is 11.5. The normalized spacial score (nSPS) is 9.92. The van der Waals surface area contributed by atoms with Crippen LogP contribution in [0.15, 0.2) is 31.2 Å². The van der Waals surface area contributed by atoms with Crippen LogP contribution in [0.5, 0.6) is 0 Å². The second kappa shape index (κ2) is 7.16. The van der Waals surface area contributed by atoms with Crippen LogP contribution < -0.4 is 0 Å². The Morgan fingerprint density at radius 2 is 2.31 bits per heavy atom. The van der Waals surface area contributed by atoms with Gasteiger partial charge in [0.25, 0.3) is 0 Å². The Kier molecular flexibility index (Phi) is 6.32. The smallest absolute Gasteiger partial charge is 0.147 e. The van der Waals surface area contributed by atoms with Crippen LogP contribution in [0.25, 0.3) is 5.76 Å². The zero-order chi connectivity index (χ0) is 10.1. The minimum absolute atomic E-state index is 0.734. The maximum atomic E-state index is 5.09. The first-order chi connectivity index (χ1) is 6.38. The molecular weight excluding hydrogens is 164 g/mol. The molecule has 0 aliphatic rings. The van der Waals surface area contributed by atoms with Crippen LogP contribution in [0, 0.1) is 0 Å². The summed E-state index contributed by atoms with van der Waals surface area (Å²) in [6.07, 6.45) is 4.90. The summed E-state index contributed by atoms with van der Waals surface area (Å²) in [5.41, 5.74) is 0.854. The Hall–Kier alpha value is -1.51. The molecule has 0 unspecified atom stereocenters. The minimum Gasteiger partial charge on any atom is -0.464 e. The Bertz CT molecular complexity index is 250. The molecule has 0 atom stereocenters. The van der Waals surface area contributed by atoms with E-state index in [1.807, 2.05) is 32.9 Å². The quantitative estimate of drug-likeness (QED) is 0.726. The van der Waals surface area contributed by atoms with Gasteiger partial charge in [0.1, 0.15) is 5.76 Å². The number of allylic oxidation sites excluding steroid dienone is 1. The lowest BCUT2D eigenvalue weighted by molar-refractivity contribution is 0.435. The summed E-state index contributed by atoms with van der Waals surface area (Å²) in [7, 11) is 0. The van der Waals surface area contributed by atoms with E-state index in [9.17, 15) is 0 Å². The van der Waals surface area contributed by atoms with Gasteiger partial charge in [0.05, 0.1) is 12.0 Å². The molecule has 0 saturated heterocycles. The highest BCUT2D eigenvalue weighted by Gasteiger charge is 1.99. The van der Waals surface area contributed by atoms with Crippen molar-refractivity contribution in [3.05, 3.63) is 36.9 Å². The Balaban J connectivity index is 0.000000671. The molecule has 13 heavy (non-hydrogen) atoms. The monoisotopic (exact) mass is 180 g/mol. The molecule has 1 aromatic heterocycles. The molecule has 0 fully saturated rings. The van der Waals surface area contributed by atoms with E-state index in [4.69, 9.17) is 4.74 Å². The van der Waals surface area contributed by atoms with Gasteiger partial charge in [-0.05, 0) is 19.1 Å². The van der Waals surface area contributed by atoms with Gasteiger partial charge in [0, 0.05) is 6.20 Å². The summed E-state index contributed by atoms with van der Waals surface area (Å²) in [6.45, 7) is 9.35. The standard InChI is InChI=1S/C8H10N2O.C2H6/c1-3-8(11-4-2)7-5-6-9-10-7;1-2/h3-6H,2H2,1H3,(H,9,10);1-2H3/b8-3-;. The molecule has 0 amide bonds. The third kappa shape index (κ3) is 3.60. The van der Waals surface area contributed by atoms with Crippen molar-refractivity contribution in [3.8, 4) is 0 Å². The molecule has 0 aliphatic carbocycles. The van der Waals surface area contributed by atoms with Crippen LogP contribution in [-0.4, -0.2) is 10.2 Å². The summed E-state index contributed by atoms with van der Waals surface area (Å²) in [5.74, 6) is 0.734. The van der Waals surface area contributed by atoms with Crippen molar-refractivity contribution in [1.82, 2.24) is 10.2 Å². The molecule has 1 heterocycles. The maximum Gasteiger partial charge on any atom is 0.147 e. The highest BCUT2D eigenvalue weighted by molar-refractivity contribution is 5.55. The van der Waals surface area contributed by atoms with Gasteiger partial charge in [-0.1, -0.05) is 20.4 Å². The molecule has 0 aromatic carbocycles. The first-order valence-corrected chi connectivity index (χ1v) is 4.32. The summed E-state index contributed by atoms with van der Waals surface area (Å²) in [4.78, 5) is 0. The zero-order valence-corrected chi connectivity index (χ0v) is 8.37. The van der Waals surface area contributed by atoms with E-state index in [0.29, 0.717) is 0 Å². The first-order valence-electron chi connectivity index (χ1n) is 4.32. The number of hydrogen-bond donors (Lipinski definition) is 1.